The Labute approximate surface area is 90.0 Å². The molecule has 1 atom stereocenters. The lowest BCUT2D eigenvalue weighted by atomic mass is 10.0. The number of rotatable bonds is 3. The maximum atomic E-state index is 11.2. The Balaban J connectivity index is 2.23. The second-order valence-corrected chi connectivity index (χ2v) is 4.04. The van der Waals surface area contributed by atoms with Gasteiger partial charge in [0, 0.05) is 19.0 Å². The van der Waals surface area contributed by atoms with Gasteiger partial charge in [-0.2, -0.15) is 0 Å². The topological polar surface area (TPSA) is 75.4 Å². The first-order chi connectivity index (χ1) is 7.09. The fourth-order valence-corrected chi connectivity index (χ4v) is 1.93. The summed E-state index contributed by atoms with van der Waals surface area (Å²) in [7, 11) is 0. The zero-order valence-electron chi connectivity index (χ0n) is 9.16. The van der Waals surface area contributed by atoms with Crippen LogP contribution in [0.1, 0.15) is 32.6 Å². The van der Waals surface area contributed by atoms with Crippen molar-refractivity contribution in [1.29, 1.82) is 0 Å². The van der Waals surface area contributed by atoms with Gasteiger partial charge in [-0.25, -0.2) is 4.79 Å². The van der Waals surface area contributed by atoms with Crippen molar-refractivity contribution in [1.82, 2.24) is 10.2 Å². The number of nitrogens with one attached hydrogen (secondary N) is 1. The first-order valence-electron chi connectivity index (χ1n) is 5.43. The molecule has 0 aromatic rings. The molecule has 1 unspecified atom stereocenters. The number of carbonyl (C=O) groups is 2. The first kappa shape index (κ1) is 12.0. The van der Waals surface area contributed by atoms with Crippen molar-refractivity contribution in [2.24, 2.45) is 5.73 Å². The van der Waals surface area contributed by atoms with Gasteiger partial charge >= 0.3 is 6.03 Å². The van der Waals surface area contributed by atoms with E-state index in [1.807, 2.05) is 0 Å². The molecule has 1 fully saturated rings. The van der Waals surface area contributed by atoms with Gasteiger partial charge in [-0.15, -0.1) is 0 Å². The smallest absolute Gasteiger partial charge is 0.318 e. The predicted octanol–water partition coefficient (Wildman–Crippen LogP) is 0.446. The summed E-state index contributed by atoms with van der Waals surface area (Å²) in [5.41, 5.74) is 4.84. The van der Waals surface area contributed by atoms with Crippen LogP contribution in [0.25, 0.3) is 0 Å². The monoisotopic (exact) mass is 213 g/mol. The molecule has 1 saturated heterocycles. The second kappa shape index (κ2) is 5.70. The van der Waals surface area contributed by atoms with Gasteiger partial charge in [0.2, 0.25) is 5.91 Å². The summed E-state index contributed by atoms with van der Waals surface area (Å²) >= 11 is 0. The third kappa shape index (κ3) is 4.29. The highest BCUT2D eigenvalue weighted by Gasteiger charge is 2.18. The van der Waals surface area contributed by atoms with Gasteiger partial charge in [-0.3, -0.25) is 10.1 Å². The van der Waals surface area contributed by atoms with E-state index in [2.05, 4.69) is 17.1 Å². The lowest BCUT2D eigenvalue weighted by Gasteiger charge is -2.32. The van der Waals surface area contributed by atoms with Crippen LogP contribution in [0.3, 0.4) is 0 Å². The van der Waals surface area contributed by atoms with Gasteiger partial charge in [0.25, 0.3) is 0 Å². The van der Waals surface area contributed by atoms with Gasteiger partial charge in [0.15, 0.2) is 0 Å². The van der Waals surface area contributed by atoms with Crippen LogP contribution >= 0.6 is 0 Å². The highest BCUT2D eigenvalue weighted by atomic mass is 16.2. The van der Waals surface area contributed by atoms with Crippen LogP contribution < -0.4 is 11.1 Å². The van der Waals surface area contributed by atoms with Crippen LogP contribution in [-0.4, -0.2) is 36.0 Å². The van der Waals surface area contributed by atoms with E-state index in [4.69, 9.17) is 5.73 Å². The van der Waals surface area contributed by atoms with Gasteiger partial charge in [-0.05, 0) is 26.3 Å². The molecule has 3 amide bonds. The van der Waals surface area contributed by atoms with E-state index in [0.717, 1.165) is 6.54 Å². The Morgan fingerprint density at radius 3 is 2.80 bits per heavy atom. The summed E-state index contributed by atoms with van der Waals surface area (Å²) in [5.74, 6) is -0.291. The van der Waals surface area contributed by atoms with E-state index in [9.17, 15) is 9.59 Å². The molecular formula is C10H19N3O2. The average Bonchev–Trinajstić information content (AvgIpc) is 2.15. The third-order valence-corrected chi connectivity index (χ3v) is 2.83. The van der Waals surface area contributed by atoms with Crippen LogP contribution in [-0.2, 0) is 4.79 Å². The average molecular weight is 213 g/mol. The number of piperidine rings is 1. The molecule has 0 aliphatic carbocycles. The zero-order chi connectivity index (χ0) is 11.3. The predicted molar refractivity (Wildman–Crippen MR) is 57.2 cm³/mol. The van der Waals surface area contributed by atoms with Gasteiger partial charge < -0.3 is 10.6 Å². The van der Waals surface area contributed by atoms with Crippen molar-refractivity contribution in [2.45, 2.75) is 38.6 Å². The summed E-state index contributed by atoms with van der Waals surface area (Å²) in [4.78, 5) is 23.8. The molecule has 1 aliphatic rings. The largest absolute Gasteiger partial charge is 0.351 e. The Morgan fingerprint density at radius 1 is 1.47 bits per heavy atom. The SMILES string of the molecule is CC1CCCCN1CCC(=O)NC(N)=O. The van der Waals surface area contributed by atoms with Crippen molar-refractivity contribution in [2.75, 3.05) is 13.1 Å². The summed E-state index contributed by atoms with van der Waals surface area (Å²) < 4.78 is 0. The molecule has 1 aliphatic heterocycles. The van der Waals surface area contributed by atoms with Crippen LogP contribution in [0, 0.1) is 0 Å². The molecule has 0 aromatic heterocycles. The fourth-order valence-electron chi connectivity index (χ4n) is 1.93. The van der Waals surface area contributed by atoms with Crippen LogP contribution in [0.4, 0.5) is 4.79 Å². The Hall–Kier alpha value is -1.10. The third-order valence-electron chi connectivity index (χ3n) is 2.83. The molecule has 15 heavy (non-hydrogen) atoms. The highest BCUT2D eigenvalue weighted by molar-refractivity contribution is 5.93. The lowest BCUT2D eigenvalue weighted by molar-refractivity contribution is -0.120. The van der Waals surface area contributed by atoms with Gasteiger partial charge in [0.05, 0.1) is 0 Å². The number of urea groups is 1. The summed E-state index contributed by atoms with van der Waals surface area (Å²) in [6, 6.07) is -0.230. The molecule has 1 heterocycles. The number of amides is 3. The van der Waals surface area contributed by atoms with Crippen molar-refractivity contribution < 1.29 is 9.59 Å². The highest BCUT2D eigenvalue weighted by Crippen LogP contribution is 2.16. The van der Waals surface area contributed by atoms with E-state index < -0.39 is 6.03 Å². The molecule has 0 spiro atoms. The Morgan fingerprint density at radius 2 is 2.20 bits per heavy atom. The number of hydrogen-bond donors (Lipinski definition) is 2. The van der Waals surface area contributed by atoms with Crippen LogP contribution in [0.15, 0.2) is 0 Å². The van der Waals surface area contributed by atoms with E-state index in [1.165, 1.54) is 19.3 Å². The molecule has 0 saturated carbocycles. The van der Waals surface area contributed by atoms with Gasteiger partial charge in [-0.1, -0.05) is 6.42 Å². The number of carbonyl (C=O) groups excluding carboxylic acids is 2. The molecule has 86 valence electrons. The Kier molecular flexibility index (Phi) is 4.55. The fraction of sp³-hybridized carbons (Fsp3) is 0.800. The van der Waals surface area contributed by atoms with Crippen molar-refractivity contribution in [3.05, 3.63) is 0 Å². The van der Waals surface area contributed by atoms with E-state index in [0.29, 0.717) is 19.0 Å². The molecule has 1 rings (SSSR count). The minimum absolute atomic E-state index is 0.291. The summed E-state index contributed by atoms with van der Waals surface area (Å²) in [6.45, 7) is 3.93. The quantitative estimate of drug-likeness (QED) is 0.714. The number of nitrogens with two attached hydrogens (primary N) is 1. The maximum absolute atomic E-state index is 11.2. The van der Waals surface area contributed by atoms with Crippen molar-refractivity contribution in [3.63, 3.8) is 0 Å². The first-order valence-corrected chi connectivity index (χ1v) is 5.43. The van der Waals surface area contributed by atoms with Crippen molar-refractivity contribution in [3.8, 4) is 0 Å². The summed E-state index contributed by atoms with van der Waals surface area (Å²) in [5, 5.41) is 2.07. The lowest BCUT2D eigenvalue weighted by Crippen LogP contribution is -2.41. The second-order valence-electron chi connectivity index (χ2n) is 4.04. The normalized spacial score (nSPS) is 22.3. The molecule has 5 nitrogen and oxygen atoms in total. The zero-order valence-corrected chi connectivity index (χ0v) is 9.16. The van der Waals surface area contributed by atoms with Crippen LogP contribution in [0.2, 0.25) is 0 Å². The van der Waals surface area contributed by atoms with E-state index in [-0.39, 0.29) is 5.91 Å². The molecule has 0 bridgehead atoms. The van der Waals surface area contributed by atoms with E-state index in [1.54, 1.807) is 0 Å². The minimum atomic E-state index is -0.772. The molecule has 0 radical (unpaired) electrons. The van der Waals surface area contributed by atoms with Crippen molar-refractivity contribution >= 4 is 11.9 Å². The summed E-state index contributed by atoms with van der Waals surface area (Å²) in [6.07, 6.45) is 4.00. The Bertz CT molecular complexity index is 243. The van der Waals surface area contributed by atoms with Gasteiger partial charge in [0.1, 0.15) is 0 Å². The molecule has 5 heteroatoms. The molecule has 3 N–H and O–H groups in total. The standard InChI is InChI=1S/C10H19N3O2/c1-8-4-2-3-6-13(8)7-5-9(14)12-10(11)15/h8H,2-7H2,1H3,(H3,11,12,14,15). The number of imide groups is 1. The number of primary amides is 1. The maximum Gasteiger partial charge on any atom is 0.318 e. The number of likely N-dealkylation sites (tertiary alicyclic amines) is 1. The minimum Gasteiger partial charge on any atom is -0.351 e. The number of nitrogens with zero attached hydrogens (tertiary/aromatic N) is 1. The number of hydrogen-bond acceptors (Lipinski definition) is 3. The van der Waals surface area contributed by atoms with Crippen LogP contribution in [0.5, 0.6) is 0 Å². The van der Waals surface area contributed by atoms with E-state index >= 15 is 0 Å². The molecular weight excluding hydrogens is 194 g/mol. The molecule has 0 aromatic carbocycles.